The maximum Gasteiger partial charge on any atom is 0.407 e. The minimum Gasteiger partial charge on any atom is -0.449 e. The standard InChI is InChI=1S/C26H42N6O5/c1-17(2)16-37-25(36)32-21(26(3,4)5)23(35)31-20(14-18-10-7-6-8-11-18)22(34)30-19(15-33)12-9-13-29-24(27)28/h6-8,10-11,15,17,19-21H,9,12-14,16H2,1-5H3,(H,30,34)(H,31,35)(H,32,36)(H4,27,28,29)/t19-,20-,21-/m0/s1. The molecule has 0 saturated heterocycles. The number of carbonyl (C=O) groups excluding carboxylic acids is 4. The molecule has 1 aromatic rings. The van der Waals surface area contributed by atoms with Crippen LogP contribution in [-0.4, -0.2) is 61.4 Å². The van der Waals surface area contributed by atoms with E-state index in [0.29, 0.717) is 25.7 Å². The van der Waals surface area contributed by atoms with Crippen molar-refractivity contribution >= 4 is 30.2 Å². The summed E-state index contributed by atoms with van der Waals surface area (Å²) in [6, 6.07) is 6.43. The van der Waals surface area contributed by atoms with Crippen LogP contribution in [0.5, 0.6) is 0 Å². The van der Waals surface area contributed by atoms with Crippen LogP contribution in [0.1, 0.15) is 53.0 Å². The molecule has 0 fully saturated rings. The zero-order chi connectivity index (χ0) is 28.0. The van der Waals surface area contributed by atoms with Gasteiger partial charge in [0.05, 0.1) is 12.6 Å². The van der Waals surface area contributed by atoms with Crippen molar-refractivity contribution < 1.29 is 23.9 Å². The Balaban J connectivity index is 3.02. The van der Waals surface area contributed by atoms with Crippen LogP contribution in [0, 0.1) is 11.3 Å². The number of carbonyl (C=O) groups is 4. The number of nitrogens with zero attached hydrogens (tertiary/aromatic N) is 1. The fourth-order valence-corrected chi connectivity index (χ4v) is 3.37. The highest BCUT2D eigenvalue weighted by atomic mass is 16.5. The summed E-state index contributed by atoms with van der Waals surface area (Å²) in [6.45, 7) is 9.73. The smallest absolute Gasteiger partial charge is 0.407 e. The highest BCUT2D eigenvalue weighted by molar-refractivity contribution is 5.92. The second-order valence-electron chi connectivity index (χ2n) is 10.4. The summed E-state index contributed by atoms with van der Waals surface area (Å²) in [5.41, 5.74) is 10.8. The Hall–Kier alpha value is -3.63. The van der Waals surface area contributed by atoms with Crippen LogP contribution in [0.2, 0.25) is 0 Å². The van der Waals surface area contributed by atoms with E-state index in [1.54, 1.807) is 20.8 Å². The van der Waals surface area contributed by atoms with Crippen molar-refractivity contribution in [2.45, 2.75) is 72.0 Å². The lowest BCUT2D eigenvalue weighted by Gasteiger charge is -2.31. The maximum atomic E-state index is 13.3. The summed E-state index contributed by atoms with van der Waals surface area (Å²) in [5.74, 6) is -0.976. The van der Waals surface area contributed by atoms with Gasteiger partial charge in [-0.1, -0.05) is 65.0 Å². The number of amides is 3. The van der Waals surface area contributed by atoms with E-state index < -0.39 is 41.4 Å². The average molecular weight is 519 g/mol. The molecule has 0 unspecified atom stereocenters. The molecule has 11 nitrogen and oxygen atoms in total. The van der Waals surface area contributed by atoms with Crippen molar-refractivity contribution in [1.82, 2.24) is 16.0 Å². The first-order valence-electron chi connectivity index (χ1n) is 12.4. The van der Waals surface area contributed by atoms with Crippen LogP contribution < -0.4 is 27.4 Å². The molecule has 0 aliphatic rings. The number of aliphatic imine (C=N–C) groups is 1. The predicted octanol–water partition coefficient (Wildman–Crippen LogP) is 1.25. The van der Waals surface area contributed by atoms with Crippen LogP contribution in [-0.2, 0) is 25.5 Å². The van der Waals surface area contributed by atoms with Crippen LogP contribution in [0.3, 0.4) is 0 Å². The molecule has 11 heteroatoms. The molecule has 37 heavy (non-hydrogen) atoms. The van der Waals surface area contributed by atoms with Gasteiger partial charge in [0.15, 0.2) is 5.96 Å². The third-order valence-corrected chi connectivity index (χ3v) is 5.31. The van der Waals surface area contributed by atoms with Crippen LogP contribution in [0.25, 0.3) is 0 Å². The monoisotopic (exact) mass is 518 g/mol. The van der Waals surface area contributed by atoms with E-state index in [2.05, 4.69) is 20.9 Å². The van der Waals surface area contributed by atoms with Crippen molar-refractivity contribution in [2.75, 3.05) is 13.2 Å². The molecule has 206 valence electrons. The summed E-state index contributed by atoms with van der Waals surface area (Å²) in [7, 11) is 0. The average Bonchev–Trinajstić information content (AvgIpc) is 2.82. The number of hydrogen-bond acceptors (Lipinski definition) is 6. The molecule has 3 amide bonds. The molecule has 7 N–H and O–H groups in total. The number of guanidine groups is 1. The largest absolute Gasteiger partial charge is 0.449 e. The Morgan fingerprint density at radius 1 is 1.03 bits per heavy atom. The predicted molar refractivity (Wildman–Crippen MR) is 143 cm³/mol. The van der Waals surface area contributed by atoms with Gasteiger partial charge in [-0.3, -0.25) is 14.6 Å². The molecule has 0 spiro atoms. The number of benzene rings is 1. The maximum absolute atomic E-state index is 13.3. The van der Waals surface area contributed by atoms with E-state index in [-0.39, 0.29) is 24.9 Å². The van der Waals surface area contributed by atoms with Crippen LogP contribution >= 0.6 is 0 Å². The number of ether oxygens (including phenoxy) is 1. The first-order chi connectivity index (χ1) is 17.3. The lowest BCUT2D eigenvalue weighted by molar-refractivity contribution is -0.132. The van der Waals surface area contributed by atoms with Crippen LogP contribution in [0.15, 0.2) is 35.3 Å². The molecular formula is C26H42N6O5. The summed E-state index contributed by atoms with van der Waals surface area (Å²) in [6.07, 6.45) is 0.915. The number of hydrogen-bond donors (Lipinski definition) is 5. The molecular weight excluding hydrogens is 476 g/mol. The third kappa shape index (κ3) is 12.8. The fourth-order valence-electron chi connectivity index (χ4n) is 3.37. The first kappa shape index (κ1) is 31.4. The van der Waals surface area contributed by atoms with Gasteiger partial charge in [-0.05, 0) is 29.7 Å². The zero-order valence-corrected chi connectivity index (χ0v) is 22.5. The van der Waals surface area contributed by atoms with Gasteiger partial charge in [0.2, 0.25) is 11.8 Å². The molecule has 1 rings (SSSR count). The molecule has 0 saturated carbocycles. The highest BCUT2D eigenvalue weighted by Crippen LogP contribution is 2.20. The molecule has 3 atom stereocenters. The second-order valence-corrected chi connectivity index (χ2v) is 10.4. The van der Waals surface area contributed by atoms with Gasteiger partial charge in [-0.15, -0.1) is 0 Å². The summed E-state index contributed by atoms with van der Waals surface area (Å²) in [5, 5.41) is 8.07. The summed E-state index contributed by atoms with van der Waals surface area (Å²) >= 11 is 0. The van der Waals surface area contributed by atoms with E-state index in [1.165, 1.54) is 0 Å². The van der Waals surface area contributed by atoms with Crippen molar-refractivity contribution in [2.24, 2.45) is 27.8 Å². The van der Waals surface area contributed by atoms with E-state index in [1.807, 2.05) is 44.2 Å². The Bertz CT molecular complexity index is 910. The number of nitrogens with two attached hydrogens (primary N) is 2. The Labute approximate surface area is 219 Å². The van der Waals surface area contributed by atoms with Crippen molar-refractivity contribution in [3.63, 3.8) is 0 Å². The molecule has 0 bridgehead atoms. The molecule has 0 radical (unpaired) electrons. The highest BCUT2D eigenvalue weighted by Gasteiger charge is 2.35. The summed E-state index contributed by atoms with van der Waals surface area (Å²) < 4.78 is 5.18. The minimum atomic E-state index is -0.992. The molecule has 0 aliphatic carbocycles. The van der Waals surface area contributed by atoms with Gasteiger partial charge < -0.3 is 36.9 Å². The Morgan fingerprint density at radius 2 is 1.68 bits per heavy atom. The quantitative estimate of drug-likeness (QED) is 0.106. The van der Waals surface area contributed by atoms with Gasteiger partial charge in [-0.25, -0.2) is 4.79 Å². The first-order valence-corrected chi connectivity index (χ1v) is 12.4. The number of rotatable bonds is 14. The number of aldehydes is 1. The van der Waals surface area contributed by atoms with Gasteiger partial charge in [-0.2, -0.15) is 0 Å². The van der Waals surface area contributed by atoms with E-state index in [4.69, 9.17) is 16.2 Å². The Morgan fingerprint density at radius 3 is 2.22 bits per heavy atom. The van der Waals surface area contributed by atoms with Gasteiger partial charge in [0.1, 0.15) is 18.4 Å². The van der Waals surface area contributed by atoms with E-state index >= 15 is 0 Å². The lowest BCUT2D eigenvalue weighted by atomic mass is 9.86. The topological polar surface area (TPSA) is 178 Å². The molecule has 0 aliphatic heterocycles. The summed E-state index contributed by atoms with van der Waals surface area (Å²) in [4.78, 5) is 54.3. The normalized spacial score (nSPS) is 13.6. The number of alkyl carbamates (subject to hydrolysis) is 1. The van der Waals surface area contributed by atoms with Crippen molar-refractivity contribution in [1.29, 1.82) is 0 Å². The molecule has 0 aromatic heterocycles. The van der Waals surface area contributed by atoms with E-state index in [9.17, 15) is 19.2 Å². The van der Waals surface area contributed by atoms with Crippen molar-refractivity contribution in [3.8, 4) is 0 Å². The van der Waals surface area contributed by atoms with E-state index in [0.717, 1.165) is 5.56 Å². The second kappa shape index (κ2) is 15.5. The minimum absolute atomic E-state index is 0.0487. The van der Waals surface area contributed by atoms with Gasteiger partial charge in [0, 0.05) is 13.0 Å². The van der Waals surface area contributed by atoms with Gasteiger partial charge >= 0.3 is 6.09 Å². The SMILES string of the molecule is CC(C)COC(=O)N[C@@H](C(=O)N[C@@H](Cc1ccccc1)C(=O)N[C@H](C=O)CCCN=C(N)N)C(C)(C)C. The van der Waals surface area contributed by atoms with Gasteiger partial charge in [0.25, 0.3) is 0 Å². The lowest BCUT2D eigenvalue weighted by Crippen LogP contribution is -2.59. The fraction of sp³-hybridized carbons (Fsp3) is 0.577. The molecule has 0 heterocycles. The van der Waals surface area contributed by atoms with Crippen molar-refractivity contribution in [3.05, 3.63) is 35.9 Å². The van der Waals surface area contributed by atoms with Crippen LogP contribution in [0.4, 0.5) is 4.79 Å². The molecule has 1 aromatic carbocycles. The number of nitrogens with one attached hydrogen (secondary N) is 3. The third-order valence-electron chi connectivity index (χ3n) is 5.31. The zero-order valence-electron chi connectivity index (χ0n) is 22.5. The Kier molecular flexibility index (Phi) is 13.1.